The van der Waals surface area contributed by atoms with E-state index in [1.54, 1.807) is 10.8 Å². The van der Waals surface area contributed by atoms with Crippen molar-refractivity contribution in [3.05, 3.63) is 64.2 Å². The van der Waals surface area contributed by atoms with Gasteiger partial charge in [-0.15, -0.1) is 0 Å². The summed E-state index contributed by atoms with van der Waals surface area (Å²) in [6, 6.07) is 11.8. The van der Waals surface area contributed by atoms with Crippen LogP contribution in [0.2, 0.25) is 0 Å². The predicted octanol–water partition coefficient (Wildman–Crippen LogP) is 2.09. The number of hydrogen-bond acceptors (Lipinski definition) is 2. The van der Waals surface area contributed by atoms with Crippen LogP contribution in [0.1, 0.15) is 11.3 Å². The summed E-state index contributed by atoms with van der Waals surface area (Å²) in [6.45, 7) is 2.33. The average molecular weight is 253 g/mol. The molecule has 0 aliphatic heterocycles. The number of pyridine rings is 1. The molecule has 3 rings (SSSR count). The van der Waals surface area contributed by atoms with Gasteiger partial charge in [0.2, 0.25) is 0 Å². The fraction of sp³-hybridized carbons (Fsp3) is 0.200. The molecule has 0 saturated carbocycles. The molecule has 0 atom stereocenters. The monoisotopic (exact) mass is 253 g/mol. The third-order valence-corrected chi connectivity index (χ3v) is 3.36. The van der Waals surface area contributed by atoms with Gasteiger partial charge in [0, 0.05) is 24.2 Å². The highest BCUT2D eigenvalue weighted by molar-refractivity contribution is 5.81. The summed E-state index contributed by atoms with van der Waals surface area (Å²) < 4.78 is 3.55. The molecule has 2 heterocycles. The first-order valence-electron chi connectivity index (χ1n) is 6.23. The predicted molar refractivity (Wildman–Crippen MR) is 75.3 cm³/mol. The van der Waals surface area contributed by atoms with Gasteiger partial charge in [0.15, 0.2) is 0 Å². The van der Waals surface area contributed by atoms with Crippen LogP contribution in [0.15, 0.2) is 47.4 Å². The molecule has 0 spiro atoms. The molecule has 1 aromatic carbocycles. The molecule has 0 N–H and O–H groups in total. The summed E-state index contributed by atoms with van der Waals surface area (Å²) in [5.74, 6) is 0. The summed E-state index contributed by atoms with van der Waals surface area (Å²) in [7, 11) is 1.92. The van der Waals surface area contributed by atoms with E-state index in [2.05, 4.69) is 5.10 Å². The lowest BCUT2D eigenvalue weighted by molar-refractivity contribution is 0.698. The van der Waals surface area contributed by atoms with E-state index in [1.807, 2.05) is 55.1 Å². The molecule has 0 unspecified atom stereocenters. The Balaban J connectivity index is 2.11. The normalized spacial score (nSPS) is 11.1. The van der Waals surface area contributed by atoms with Crippen LogP contribution in [0.4, 0.5) is 0 Å². The van der Waals surface area contributed by atoms with Crippen molar-refractivity contribution in [1.82, 2.24) is 14.3 Å². The molecule has 3 aromatic rings. The van der Waals surface area contributed by atoms with Crippen LogP contribution < -0.4 is 5.56 Å². The van der Waals surface area contributed by atoms with Gasteiger partial charge in [-0.3, -0.25) is 9.48 Å². The van der Waals surface area contributed by atoms with Crippen molar-refractivity contribution in [2.45, 2.75) is 13.5 Å². The Labute approximate surface area is 110 Å². The standard InChI is InChI=1S/C15H15N3O/c1-11-6-5-9-18(15(11)19)10-13-12-7-3-4-8-14(12)17(2)16-13/h3-9H,10H2,1-2H3. The number of benzene rings is 1. The van der Waals surface area contributed by atoms with Crippen LogP contribution in [-0.2, 0) is 13.6 Å². The summed E-state index contributed by atoms with van der Waals surface area (Å²) >= 11 is 0. The number of aromatic nitrogens is 3. The van der Waals surface area contributed by atoms with Crippen LogP contribution in [0, 0.1) is 6.92 Å². The lowest BCUT2D eigenvalue weighted by atomic mass is 10.2. The summed E-state index contributed by atoms with van der Waals surface area (Å²) in [5.41, 5.74) is 2.80. The van der Waals surface area contributed by atoms with Crippen LogP contribution >= 0.6 is 0 Å². The second-order valence-corrected chi connectivity index (χ2v) is 4.71. The molecule has 96 valence electrons. The second-order valence-electron chi connectivity index (χ2n) is 4.71. The van der Waals surface area contributed by atoms with Crippen molar-refractivity contribution in [3.63, 3.8) is 0 Å². The third-order valence-electron chi connectivity index (χ3n) is 3.36. The molecular weight excluding hydrogens is 238 g/mol. The molecule has 0 amide bonds. The minimum Gasteiger partial charge on any atom is -0.309 e. The van der Waals surface area contributed by atoms with Crippen molar-refractivity contribution in [2.75, 3.05) is 0 Å². The number of fused-ring (bicyclic) bond motifs is 1. The van der Waals surface area contributed by atoms with Gasteiger partial charge < -0.3 is 4.57 Å². The van der Waals surface area contributed by atoms with Gasteiger partial charge in [0.25, 0.3) is 5.56 Å². The average Bonchev–Trinajstić information content (AvgIpc) is 2.73. The molecule has 4 heteroatoms. The smallest absolute Gasteiger partial charge is 0.253 e. The van der Waals surface area contributed by atoms with Gasteiger partial charge >= 0.3 is 0 Å². The molecule has 0 fully saturated rings. The van der Waals surface area contributed by atoms with Crippen molar-refractivity contribution < 1.29 is 0 Å². The lowest BCUT2D eigenvalue weighted by Gasteiger charge is -2.04. The lowest BCUT2D eigenvalue weighted by Crippen LogP contribution is -2.21. The molecule has 0 aliphatic rings. The Morgan fingerprint density at radius 2 is 1.95 bits per heavy atom. The summed E-state index contributed by atoms with van der Waals surface area (Å²) in [4.78, 5) is 12.0. The zero-order chi connectivity index (χ0) is 13.4. The highest BCUT2D eigenvalue weighted by atomic mass is 16.1. The van der Waals surface area contributed by atoms with Gasteiger partial charge in [0.1, 0.15) is 0 Å². The zero-order valence-electron chi connectivity index (χ0n) is 11.0. The van der Waals surface area contributed by atoms with Crippen molar-refractivity contribution in [3.8, 4) is 0 Å². The SMILES string of the molecule is Cc1cccn(Cc2nn(C)c3ccccc23)c1=O. The van der Waals surface area contributed by atoms with E-state index in [4.69, 9.17) is 0 Å². The van der Waals surface area contributed by atoms with Gasteiger partial charge in [-0.2, -0.15) is 5.10 Å². The van der Waals surface area contributed by atoms with Crippen LogP contribution in [0.25, 0.3) is 10.9 Å². The maximum atomic E-state index is 12.0. The molecular formula is C15H15N3O. The Bertz CT molecular complexity index is 799. The molecule has 0 saturated heterocycles. The maximum Gasteiger partial charge on any atom is 0.253 e. The van der Waals surface area contributed by atoms with Gasteiger partial charge in [-0.25, -0.2) is 0 Å². The number of rotatable bonds is 2. The topological polar surface area (TPSA) is 39.8 Å². The molecule has 0 bridgehead atoms. The van der Waals surface area contributed by atoms with Crippen LogP contribution in [0.3, 0.4) is 0 Å². The molecule has 19 heavy (non-hydrogen) atoms. The first-order chi connectivity index (χ1) is 9.16. The maximum absolute atomic E-state index is 12.0. The molecule has 0 aliphatic carbocycles. The van der Waals surface area contributed by atoms with Gasteiger partial charge in [0.05, 0.1) is 17.8 Å². The van der Waals surface area contributed by atoms with Crippen LogP contribution in [0.5, 0.6) is 0 Å². The number of aryl methyl sites for hydroxylation is 2. The van der Waals surface area contributed by atoms with Gasteiger partial charge in [-0.05, 0) is 19.1 Å². The second kappa shape index (κ2) is 4.39. The highest BCUT2D eigenvalue weighted by Gasteiger charge is 2.09. The molecule has 4 nitrogen and oxygen atoms in total. The highest BCUT2D eigenvalue weighted by Crippen LogP contribution is 2.17. The number of para-hydroxylation sites is 1. The fourth-order valence-corrected chi connectivity index (χ4v) is 2.35. The summed E-state index contributed by atoms with van der Waals surface area (Å²) in [5, 5.41) is 5.61. The van der Waals surface area contributed by atoms with E-state index in [-0.39, 0.29) is 5.56 Å². The largest absolute Gasteiger partial charge is 0.309 e. The van der Waals surface area contributed by atoms with E-state index in [0.29, 0.717) is 6.54 Å². The Kier molecular flexibility index (Phi) is 2.71. The van der Waals surface area contributed by atoms with Crippen molar-refractivity contribution in [2.24, 2.45) is 7.05 Å². The fourth-order valence-electron chi connectivity index (χ4n) is 2.35. The summed E-state index contributed by atoms with van der Waals surface area (Å²) in [6.07, 6.45) is 1.80. The minimum absolute atomic E-state index is 0.0391. The minimum atomic E-state index is 0.0391. The molecule has 0 radical (unpaired) electrons. The Morgan fingerprint density at radius 3 is 2.79 bits per heavy atom. The number of hydrogen-bond donors (Lipinski definition) is 0. The first kappa shape index (κ1) is 11.7. The quantitative estimate of drug-likeness (QED) is 0.701. The Morgan fingerprint density at radius 1 is 1.16 bits per heavy atom. The van der Waals surface area contributed by atoms with E-state index < -0.39 is 0 Å². The van der Waals surface area contributed by atoms with E-state index in [1.165, 1.54) is 0 Å². The Hall–Kier alpha value is -2.36. The zero-order valence-corrected chi connectivity index (χ0v) is 11.0. The van der Waals surface area contributed by atoms with E-state index in [0.717, 1.165) is 22.2 Å². The van der Waals surface area contributed by atoms with Crippen molar-refractivity contribution in [1.29, 1.82) is 0 Å². The van der Waals surface area contributed by atoms with Gasteiger partial charge in [-0.1, -0.05) is 24.3 Å². The number of nitrogens with zero attached hydrogens (tertiary/aromatic N) is 3. The van der Waals surface area contributed by atoms with Crippen molar-refractivity contribution >= 4 is 10.9 Å². The van der Waals surface area contributed by atoms with E-state index in [9.17, 15) is 4.79 Å². The van der Waals surface area contributed by atoms with Crippen LogP contribution in [-0.4, -0.2) is 14.3 Å². The third kappa shape index (κ3) is 1.95. The molecule has 2 aromatic heterocycles. The first-order valence-corrected chi connectivity index (χ1v) is 6.23. The van der Waals surface area contributed by atoms with E-state index >= 15 is 0 Å².